The van der Waals surface area contributed by atoms with Gasteiger partial charge in [0.05, 0.1) is 19.8 Å². The summed E-state index contributed by atoms with van der Waals surface area (Å²) in [6.07, 6.45) is 6.13. The van der Waals surface area contributed by atoms with Gasteiger partial charge in [0, 0.05) is 12.7 Å². The zero-order chi connectivity index (χ0) is 11.4. The predicted molar refractivity (Wildman–Crippen MR) is 65.3 cm³/mol. The molecule has 1 heterocycles. The van der Waals surface area contributed by atoms with Crippen molar-refractivity contribution < 1.29 is 13.7 Å². The first kappa shape index (κ1) is 12.4. The second-order valence-corrected chi connectivity index (χ2v) is 4.87. The fourth-order valence-corrected chi connectivity index (χ4v) is 2.83. The van der Waals surface area contributed by atoms with E-state index in [2.05, 4.69) is 6.92 Å². The number of hydrogen-bond acceptors (Lipinski definition) is 4. The predicted octanol–water partition coefficient (Wildman–Crippen LogP) is 2.91. The third-order valence-electron chi connectivity index (χ3n) is 3.33. The summed E-state index contributed by atoms with van der Waals surface area (Å²) in [7, 11) is 0. The van der Waals surface area contributed by atoms with Crippen molar-refractivity contribution in [1.82, 2.24) is 0 Å². The Hall–Kier alpha value is -0.0300. The molecular formula is C12H20O3S. The SMILES string of the molecule is CSOCCCC1=C(C)CCC12OCCO2. The second-order valence-electron chi connectivity index (χ2n) is 4.30. The lowest BCUT2D eigenvalue weighted by Crippen LogP contribution is -2.29. The van der Waals surface area contributed by atoms with Crippen LogP contribution in [-0.2, 0) is 13.7 Å². The molecule has 2 aliphatic rings. The first-order chi connectivity index (χ1) is 7.78. The molecule has 0 radical (unpaired) electrons. The Labute approximate surface area is 102 Å². The lowest BCUT2D eigenvalue weighted by atomic mass is 10.0. The Morgan fingerprint density at radius 2 is 2.12 bits per heavy atom. The van der Waals surface area contributed by atoms with Crippen LogP contribution >= 0.6 is 12.0 Å². The van der Waals surface area contributed by atoms with Gasteiger partial charge >= 0.3 is 0 Å². The molecule has 1 aliphatic carbocycles. The van der Waals surface area contributed by atoms with E-state index in [1.165, 1.54) is 23.2 Å². The smallest absolute Gasteiger partial charge is 0.191 e. The van der Waals surface area contributed by atoms with Crippen LogP contribution in [0.3, 0.4) is 0 Å². The zero-order valence-corrected chi connectivity index (χ0v) is 10.9. The van der Waals surface area contributed by atoms with Gasteiger partial charge in [0.25, 0.3) is 0 Å². The van der Waals surface area contributed by atoms with Crippen molar-refractivity contribution in [3.63, 3.8) is 0 Å². The third-order valence-corrected chi connectivity index (χ3v) is 3.73. The number of hydrogen-bond donors (Lipinski definition) is 0. The fourth-order valence-electron chi connectivity index (χ4n) is 2.55. The molecule has 0 amide bonds. The van der Waals surface area contributed by atoms with Gasteiger partial charge in [-0.3, -0.25) is 0 Å². The maximum absolute atomic E-state index is 5.82. The average molecular weight is 244 g/mol. The van der Waals surface area contributed by atoms with Gasteiger partial charge < -0.3 is 13.7 Å². The third kappa shape index (κ3) is 2.45. The van der Waals surface area contributed by atoms with Gasteiger partial charge in [-0.15, -0.1) is 0 Å². The van der Waals surface area contributed by atoms with E-state index in [4.69, 9.17) is 13.7 Å². The molecule has 0 aromatic rings. The lowest BCUT2D eigenvalue weighted by molar-refractivity contribution is -0.125. The Bertz CT molecular complexity index is 269. The van der Waals surface area contributed by atoms with Crippen LogP contribution in [0.1, 0.15) is 32.6 Å². The van der Waals surface area contributed by atoms with Crippen LogP contribution in [0.2, 0.25) is 0 Å². The molecule has 2 rings (SSSR count). The van der Waals surface area contributed by atoms with E-state index in [1.807, 2.05) is 6.26 Å². The van der Waals surface area contributed by atoms with Crippen LogP contribution in [-0.4, -0.2) is 31.9 Å². The van der Waals surface area contributed by atoms with E-state index in [0.29, 0.717) is 0 Å². The van der Waals surface area contributed by atoms with Crippen LogP contribution in [0.15, 0.2) is 11.1 Å². The standard InChI is InChI=1S/C12H20O3S/c1-10-5-6-12(13-8-9-14-12)11(10)4-3-7-15-16-2/h3-9H2,1-2H3. The molecule has 16 heavy (non-hydrogen) atoms. The summed E-state index contributed by atoms with van der Waals surface area (Å²) in [6.45, 7) is 4.47. The summed E-state index contributed by atoms with van der Waals surface area (Å²) >= 11 is 1.43. The van der Waals surface area contributed by atoms with Crippen molar-refractivity contribution in [2.45, 2.75) is 38.4 Å². The quantitative estimate of drug-likeness (QED) is 0.422. The molecule has 0 aromatic heterocycles. The molecule has 0 atom stereocenters. The molecule has 0 aromatic carbocycles. The normalized spacial score (nSPS) is 23.6. The summed E-state index contributed by atoms with van der Waals surface area (Å²) in [5.41, 5.74) is 2.82. The maximum Gasteiger partial charge on any atom is 0.191 e. The van der Waals surface area contributed by atoms with Gasteiger partial charge in [-0.05, 0) is 43.8 Å². The molecule has 92 valence electrons. The summed E-state index contributed by atoms with van der Waals surface area (Å²) in [5.74, 6) is -0.358. The monoisotopic (exact) mass is 244 g/mol. The first-order valence-electron chi connectivity index (χ1n) is 5.91. The van der Waals surface area contributed by atoms with Crippen molar-refractivity contribution >= 4 is 12.0 Å². The first-order valence-corrected chi connectivity index (χ1v) is 7.06. The highest BCUT2D eigenvalue weighted by atomic mass is 32.2. The van der Waals surface area contributed by atoms with Gasteiger partial charge in [0.2, 0.25) is 0 Å². The average Bonchev–Trinajstić information content (AvgIpc) is 2.86. The zero-order valence-electron chi connectivity index (χ0n) is 10.1. The Morgan fingerprint density at radius 3 is 2.81 bits per heavy atom. The van der Waals surface area contributed by atoms with E-state index in [1.54, 1.807) is 0 Å². The van der Waals surface area contributed by atoms with Crippen LogP contribution in [0.4, 0.5) is 0 Å². The van der Waals surface area contributed by atoms with Crippen molar-refractivity contribution in [3.05, 3.63) is 11.1 Å². The minimum atomic E-state index is -0.358. The van der Waals surface area contributed by atoms with Crippen LogP contribution in [0, 0.1) is 0 Å². The number of allylic oxidation sites excluding steroid dienone is 1. The molecule has 1 aliphatic heterocycles. The molecule has 1 spiro atoms. The van der Waals surface area contributed by atoms with E-state index in [9.17, 15) is 0 Å². The number of ether oxygens (including phenoxy) is 2. The van der Waals surface area contributed by atoms with Gasteiger partial charge in [0.15, 0.2) is 5.79 Å². The van der Waals surface area contributed by atoms with Crippen LogP contribution in [0.5, 0.6) is 0 Å². The van der Waals surface area contributed by atoms with E-state index in [0.717, 1.165) is 45.5 Å². The molecular weight excluding hydrogens is 224 g/mol. The highest BCUT2D eigenvalue weighted by molar-refractivity contribution is 7.93. The summed E-state index contributed by atoms with van der Waals surface area (Å²) < 4.78 is 16.9. The topological polar surface area (TPSA) is 27.7 Å². The molecule has 3 nitrogen and oxygen atoms in total. The summed E-state index contributed by atoms with van der Waals surface area (Å²) in [4.78, 5) is 0. The van der Waals surface area contributed by atoms with Crippen molar-refractivity contribution in [1.29, 1.82) is 0 Å². The Morgan fingerprint density at radius 1 is 1.38 bits per heavy atom. The van der Waals surface area contributed by atoms with Crippen molar-refractivity contribution in [2.75, 3.05) is 26.1 Å². The summed E-state index contributed by atoms with van der Waals surface area (Å²) in [5, 5.41) is 0. The lowest BCUT2D eigenvalue weighted by Gasteiger charge is -2.26. The second kappa shape index (κ2) is 5.54. The molecule has 0 bridgehead atoms. The van der Waals surface area contributed by atoms with Crippen LogP contribution in [0.25, 0.3) is 0 Å². The molecule has 1 fully saturated rings. The Kier molecular flexibility index (Phi) is 4.30. The van der Waals surface area contributed by atoms with E-state index >= 15 is 0 Å². The van der Waals surface area contributed by atoms with E-state index < -0.39 is 0 Å². The molecule has 4 heteroatoms. The number of rotatable bonds is 5. The van der Waals surface area contributed by atoms with Gasteiger partial charge in [-0.25, -0.2) is 0 Å². The minimum Gasteiger partial charge on any atom is -0.344 e. The van der Waals surface area contributed by atoms with E-state index in [-0.39, 0.29) is 5.79 Å². The fraction of sp³-hybridized carbons (Fsp3) is 0.833. The van der Waals surface area contributed by atoms with Crippen LogP contribution < -0.4 is 0 Å². The largest absolute Gasteiger partial charge is 0.344 e. The van der Waals surface area contributed by atoms with Gasteiger partial charge in [-0.2, -0.15) is 0 Å². The summed E-state index contributed by atoms with van der Waals surface area (Å²) in [6, 6.07) is 0. The highest BCUT2D eigenvalue weighted by Crippen LogP contribution is 2.43. The highest BCUT2D eigenvalue weighted by Gasteiger charge is 2.44. The van der Waals surface area contributed by atoms with Crippen molar-refractivity contribution in [3.8, 4) is 0 Å². The van der Waals surface area contributed by atoms with Crippen molar-refractivity contribution in [2.24, 2.45) is 0 Å². The van der Waals surface area contributed by atoms with Gasteiger partial charge in [-0.1, -0.05) is 5.57 Å². The molecule has 0 unspecified atom stereocenters. The van der Waals surface area contributed by atoms with Gasteiger partial charge in [0.1, 0.15) is 0 Å². The maximum atomic E-state index is 5.82. The Balaban J connectivity index is 1.91. The molecule has 1 saturated heterocycles. The minimum absolute atomic E-state index is 0.358. The molecule has 0 saturated carbocycles. The molecule has 0 N–H and O–H groups in total.